The van der Waals surface area contributed by atoms with Gasteiger partial charge in [-0.15, -0.1) is 0 Å². The second kappa shape index (κ2) is 11.1. The van der Waals surface area contributed by atoms with E-state index in [0.717, 1.165) is 76.3 Å². The first-order chi connectivity index (χ1) is 18.2. The number of piperidine rings is 1. The number of aliphatic hydroxyl groups is 1. The summed E-state index contributed by atoms with van der Waals surface area (Å²) in [4.78, 5) is 40.2. The second-order valence-corrected chi connectivity index (χ2v) is 12.8. The first kappa shape index (κ1) is 27.9. The van der Waals surface area contributed by atoms with Gasteiger partial charge in [0.15, 0.2) is 17.2 Å². The number of hydrogen-bond donors (Lipinski definition) is 3. The molecular formula is C30H46N2O6. The van der Waals surface area contributed by atoms with Crippen LogP contribution in [0.5, 0.6) is 0 Å². The molecule has 38 heavy (non-hydrogen) atoms. The summed E-state index contributed by atoms with van der Waals surface area (Å²) in [5.41, 5.74) is 4.25. The molecule has 0 aromatic rings. The van der Waals surface area contributed by atoms with Crippen molar-refractivity contribution in [2.45, 2.75) is 114 Å². The maximum atomic E-state index is 13.7. The number of methoxy groups -OCH3 is 1. The molecule has 5 aliphatic rings. The van der Waals surface area contributed by atoms with Gasteiger partial charge in [-0.25, -0.2) is 4.79 Å². The molecule has 212 valence electrons. The van der Waals surface area contributed by atoms with E-state index in [4.69, 9.17) is 15.2 Å². The number of esters is 1. The van der Waals surface area contributed by atoms with Gasteiger partial charge in [0.05, 0.1) is 19.4 Å². The molecule has 0 aromatic heterocycles. The third-order valence-electron chi connectivity index (χ3n) is 10.4. The van der Waals surface area contributed by atoms with Gasteiger partial charge in [-0.1, -0.05) is 24.5 Å². The number of hydrogen-bond acceptors (Lipinski definition) is 8. The third kappa shape index (κ3) is 4.91. The molecule has 7 unspecified atom stereocenters. The largest absolute Gasteiger partial charge is 0.466 e. The number of fused-ring (bicyclic) bond motifs is 2. The molecule has 0 amide bonds. The number of rotatable bonds is 8. The van der Waals surface area contributed by atoms with Gasteiger partial charge in [0, 0.05) is 18.3 Å². The molecule has 2 heterocycles. The van der Waals surface area contributed by atoms with E-state index >= 15 is 0 Å². The highest BCUT2D eigenvalue weighted by atomic mass is 16.7. The number of allylic oxidation sites excluding steroid dienone is 1. The molecule has 0 spiro atoms. The Morgan fingerprint density at radius 2 is 1.82 bits per heavy atom. The lowest BCUT2D eigenvalue weighted by atomic mass is 9.61. The van der Waals surface area contributed by atoms with Crippen LogP contribution in [0.15, 0.2) is 11.6 Å². The molecule has 8 nitrogen and oxygen atoms in total. The molecule has 2 aliphatic heterocycles. The quantitative estimate of drug-likeness (QED) is 0.189. The van der Waals surface area contributed by atoms with Crippen LogP contribution in [0.4, 0.5) is 0 Å². The van der Waals surface area contributed by atoms with Crippen molar-refractivity contribution in [2.24, 2.45) is 35.3 Å². The van der Waals surface area contributed by atoms with Gasteiger partial charge in [-0.2, -0.15) is 0 Å². The van der Waals surface area contributed by atoms with Crippen LogP contribution < -0.4 is 11.1 Å². The van der Waals surface area contributed by atoms with Crippen LogP contribution in [0.3, 0.4) is 0 Å². The Balaban J connectivity index is 1.33. The summed E-state index contributed by atoms with van der Waals surface area (Å²) in [6, 6.07) is 0. The lowest BCUT2D eigenvalue weighted by molar-refractivity contribution is -0.156. The molecule has 0 radical (unpaired) electrons. The number of aliphatic hydroxyl groups excluding tert-OH is 1. The molecule has 3 saturated carbocycles. The van der Waals surface area contributed by atoms with Gasteiger partial charge >= 0.3 is 5.97 Å². The average Bonchev–Trinajstić information content (AvgIpc) is 3.63. The van der Waals surface area contributed by atoms with Gasteiger partial charge in [-0.05, 0) is 95.4 Å². The van der Waals surface area contributed by atoms with E-state index in [9.17, 15) is 19.5 Å². The van der Waals surface area contributed by atoms with Crippen molar-refractivity contribution in [3.8, 4) is 0 Å². The lowest BCUT2D eigenvalue weighted by Crippen LogP contribution is -2.58. The predicted molar refractivity (Wildman–Crippen MR) is 142 cm³/mol. The van der Waals surface area contributed by atoms with Crippen LogP contribution in [0.2, 0.25) is 0 Å². The minimum atomic E-state index is -1.77. The highest BCUT2D eigenvalue weighted by molar-refractivity contribution is 6.23. The fraction of sp³-hybridized carbons (Fsp3) is 0.833. The zero-order valence-electron chi connectivity index (χ0n) is 23.1. The molecule has 3 aliphatic carbocycles. The topological polar surface area (TPSA) is 131 Å². The highest BCUT2D eigenvalue weighted by Gasteiger charge is 2.86. The van der Waals surface area contributed by atoms with E-state index < -0.39 is 23.1 Å². The zero-order chi connectivity index (χ0) is 27.1. The number of ether oxygens (including phenoxy) is 2. The number of nitrogens with one attached hydrogen (secondary N) is 1. The van der Waals surface area contributed by atoms with E-state index in [0.29, 0.717) is 30.6 Å². The number of Topliss-reactive ketones (excluding diaryl/α,β-unsaturated/α-hetero) is 2. The van der Waals surface area contributed by atoms with Gasteiger partial charge < -0.3 is 25.6 Å². The van der Waals surface area contributed by atoms with Crippen LogP contribution in [0, 0.1) is 29.6 Å². The van der Waals surface area contributed by atoms with Crippen LogP contribution >= 0.6 is 0 Å². The third-order valence-corrected chi connectivity index (χ3v) is 10.4. The first-order valence-corrected chi connectivity index (χ1v) is 14.9. The molecular weight excluding hydrogens is 484 g/mol. The van der Waals surface area contributed by atoms with Crippen molar-refractivity contribution in [2.75, 3.05) is 13.7 Å². The van der Waals surface area contributed by atoms with Gasteiger partial charge in [-0.3, -0.25) is 9.59 Å². The van der Waals surface area contributed by atoms with Crippen molar-refractivity contribution in [1.82, 2.24) is 5.32 Å². The van der Waals surface area contributed by atoms with Gasteiger partial charge in [0.2, 0.25) is 0 Å². The fourth-order valence-electron chi connectivity index (χ4n) is 8.24. The summed E-state index contributed by atoms with van der Waals surface area (Å²) in [6.07, 6.45) is 13.2. The number of ketones is 2. The number of nitrogens with two attached hydrogens (primary N) is 1. The molecule has 7 atom stereocenters. The van der Waals surface area contributed by atoms with Crippen molar-refractivity contribution < 1.29 is 29.0 Å². The normalized spacial score (nSPS) is 42.2. The molecule has 4 N–H and O–H groups in total. The molecule has 0 aromatic carbocycles. The SMILES string of the molecule is COC(=O)C12OC1(CC=C(C)CC(CC1CCC(O)CC1)C1CCNC(N)C1)C(=O)C1CCCCC1C2=O. The summed E-state index contributed by atoms with van der Waals surface area (Å²) in [7, 11) is 1.26. The maximum absolute atomic E-state index is 13.7. The Kier molecular flexibility index (Phi) is 8.17. The van der Waals surface area contributed by atoms with E-state index in [2.05, 4.69) is 12.2 Å². The van der Waals surface area contributed by atoms with Crippen molar-refractivity contribution >= 4 is 17.5 Å². The zero-order valence-corrected chi connectivity index (χ0v) is 23.1. The van der Waals surface area contributed by atoms with Gasteiger partial charge in [0.25, 0.3) is 5.60 Å². The minimum Gasteiger partial charge on any atom is -0.466 e. The summed E-state index contributed by atoms with van der Waals surface area (Å²) < 4.78 is 11.0. The molecule has 2 saturated heterocycles. The summed E-state index contributed by atoms with van der Waals surface area (Å²) in [5, 5.41) is 13.3. The average molecular weight is 531 g/mol. The van der Waals surface area contributed by atoms with Crippen LogP contribution in [-0.2, 0) is 23.9 Å². The summed E-state index contributed by atoms with van der Waals surface area (Å²) in [6.45, 7) is 3.02. The summed E-state index contributed by atoms with van der Waals surface area (Å²) in [5.74, 6) is -0.249. The highest BCUT2D eigenvalue weighted by Crippen LogP contribution is 2.61. The maximum Gasteiger partial charge on any atom is 0.349 e. The van der Waals surface area contributed by atoms with E-state index in [-0.39, 0.29) is 36.2 Å². The van der Waals surface area contributed by atoms with E-state index in [1.54, 1.807) is 0 Å². The minimum absolute atomic E-state index is 0.0162. The fourth-order valence-corrected chi connectivity index (χ4v) is 8.24. The number of epoxide rings is 1. The summed E-state index contributed by atoms with van der Waals surface area (Å²) >= 11 is 0. The Morgan fingerprint density at radius 1 is 1.13 bits per heavy atom. The van der Waals surface area contributed by atoms with Gasteiger partial charge in [0.1, 0.15) is 0 Å². The van der Waals surface area contributed by atoms with Crippen molar-refractivity contribution in [1.29, 1.82) is 0 Å². The van der Waals surface area contributed by atoms with Crippen LogP contribution in [0.1, 0.15) is 90.4 Å². The Hall–Kier alpha value is -1.61. The predicted octanol–water partition coefficient (Wildman–Crippen LogP) is 3.19. The lowest BCUT2D eigenvalue weighted by Gasteiger charge is -2.37. The monoisotopic (exact) mass is 530 g/mol. The molecule has 5 rings (SSSR count). The molecule has 0 bridgehead atoms. The Bertz CT molecular complexity index is 958. The van der Waals surface area contributed by atoms with E-state index in [1.165, 1.54) is 7.11 Å². The van der Waals surface area contributed by atoms with Crippen molar-refractivity contribution in [3.63, 3.8) is 0 Å². The Labute approximate surface area is 226 Å². The smallest absolute Gasteiger partial charge is 0.349 e. The standard InChI is InChI=1S/C30H46N2O6/c1-18(15-21(20-12-14-32-25(31)17-20)16-19-7-9-22(33)10-8-19)11-13-29-26(34)23-5-3-4-6-24(23)27(35)30(29,38-29)28(36)37-2/h11,19-25,32-33H,3-10,12-17,31H2,1-2H3. The number of carbonyl (C=O) groups is 3. The molecule has 8 heteroatoms. The Morgan fingerprint density at radius 3 is 2.47 bits per heavy atom. The van der Waals surface area contributed by atoms with Crippen molar-refractivity contribution in [3.05, 3.63) is 11.6 Å². The first-order valence-electron chi connectivity index (χ1n) is 14.9. The van der Waals surface area contributed by atoms with Crippen LogP contribution in [0.25, 0.3) is 0 Å². The number of carbonyl (C=O) groups excluding carboxylic acids is 3. The van der Waals surface area contributed by atoms with E-state index in [1.807, 2.05) is 6.08 Å². The second-order valence-electron chi connectivity index (χ2n) is 12.8. The molecule has 5 fully saturated rings. The van der Waals surface area contributed by atoms with Crippen LogP contribution in [-0.4, -0.2) is 59.8 Å².